The van der Waals surface area contributed by atoms with Crippen LogP contribution >= 0.6 is 0 Å². The molecular weight excluding hydrogens is 330 g/mol. The van der Waals surface area contributed by atoms with Crippen LogP contribution in [0.4, 0.5) is 11.6 Å². The van der Waals surface area contributed by atoms with E-state index >= 15 is 0 Å². The van der Waals surface area contributed by atoms with Crippen molar-refractivity contribution in [2.24, 2.45) is 0 Å². The van der Waals surface area contributed by atoms with Crippen molar-refractivity contribution in [3.63, 3.8) is 0 Å². The van der Waals surface area contributed by atoms with E-state index in [4.69, 9.17) is 4.74 Å². The van der Waals surface area contributed by atoms with Crippen molar-refractivity contribution >= 4 is 17.5 Å². The highest BCUT2D eigenvalue weighted by molar-refractivity contribution is 5.79. The summed E-state index contributed by atoms with van der Waals surface area (Å²) in [6.07, 6.45) is 0.362. The maximum atomic E-state index is 12.6. The zero-order chi connectivity index (χ0) is 18.5. The van der Waals surface area contributed by atoms with Gasteiger partial charge in [0.05, 0.1) is 13.5 Å². The standard InChI is InChI=1S/C19H25N5O2/c1-22(2)17-8-9-18(21-20-17)23-10-12-24(13-11-23)19(25)14-15-6-4-5-7-16(15)26-3/h4-9H,10-14H2,1-3H3. The van der Waals surface area contributed by atoms with Crippen LogP contribution in [0.3, 0.4) is 0 Å². The summed E-state index contributed by atoms with van der Waals surface area (Å²) in [7, 11) is 5.51. The number of carbonyl (C=O) groups excluding carboxylic acids is 1. The van der Waals surface area contributed by atoms with Gasteiger partial charge in [-0.3, -0.25) is 4.79 Å². The number of methoxy groups -OCH3 is 1. The van der Waals surface area contributed by atoms with Crippen LogP contribution in [0.15, 0.2) is 36.4 Å². The lowest BCUT2D eigenvalue weighted by molar-refractivity contribution is -0.130. The Morgan fingerprint density at radius 3 is 2.42 bits per heavy atom. The average molecular weight is 355 g/mol. The van der Waals surface area contributed by atoms with Crippen molar-refractivity contribution in [2.75, 3.05) is 57.2 Å². The number of hydrogen-bond donors (Lipinski definition) is 0. The third kappa shape index (κ3) is 4.04. The predicted octanol–water partition coefficient (Wildman–Crippen LogP) is 1.44. The smallest absolute Gasteiger partial charge is 0.227 e. The van der Waals surface area contributed by atoms with Gasteiger partial charge in [-0.15, -0.1) is 10.2 Å². The molecule has 1 fully saturated rings. The number of carbonyl (C=O) groups is 1. The van der Waals surface area contributed by atoms with Crippen LogP contribution in [-0.2, 0) is 11.2 Å². The Hall–Kier alpha value is -2.83. The van der Waals surface area contributed by atoms with Crippen molar-refractivity contribution in [2.45, 2.75) is 6.42 Å². The average Bonchev–Trinajstić information content (AvgIpc) is 2.68. The minimum absolute atomic E-state index is 0.128. The van der Waals surface area contributed by atoms with Gasteiger partial charge in [0.25, 0.3) is 0 Å². The minimum Gasteiger partial charge on any atom is -0.496 e. The van der Waals surface area contributed by atoms with E-state index in [9.17, 15) is 4.79 Å². The van der Waals surface area contributed by atoms with Gasteiger partial charge in [0.2, 0.25) is 5.91 Å². The molecule has 2 aromatic rings. The number of anilines is 2. The maximum Gasteiger partial charge on any atom is 0.227 e. The van der Waals surface area contributed by atoms with Crippen LogP contribution in [0, 0.1) is 0 Å². The van der Waals surface area contributed by atoms with Crippen LogP contribution in [0.1, 0.15) is 5.56 Å². The van der Waals surface area contributed by atoms with Gasteiger partial charge >= 0.3 is 0 Å². The molecule has 1 saturated heterocycles. The molecule has 1 aliphatic heterocycles. The molecule has 0 N–H and O–H groups in total. The molecule has 7 nitrogen and oxygen atoms in total. The van der Waals surface area contributed by atoms with Gasteiger partial charge in [0.1, 0.15) is 5.75 Å². The molecule has 0 aliphatic carbocycles. The SMILES string of the molecule is COc1ccccc1CC(=O)N1CCN(c2ccc(N(C)C)nn2)CC1. The highest BCUT2D eigenvalue weighted by Crippen LogP contribution is 2.20. The molecule has 0 radical (unpaired) electrons. The van der Waals surface area contributed by atoms with E-state index in [1.165, 1.54) is 0 Å². The Balaban J connectivity index is 1.57. The molecule has 2 heterocycles. The van der Waals surface area contributed by atoms with Gasteiger partial charge < -0.3 is 19.4 Å². The Morgan fingerprint density at radius 1 is 1.08 bits per heavy atom. The summed E-state index contributed by atoms with van der Waals surface area (Å²) in [5, 5.41) is 8.52. The number of benzene rings is 1. The van der Waals surface area contributed by atoms with E-state index in [-0.39, 0.29) is 5.91 Å². The van der Waals surface area contributed by atoms with Gasteiger partial charge in [-0.25, -0.2) is 0 Å². The summed E-state index contributed by atoms with van der Waals surface area (Å²) in [6, 6.07) is 11.6. The van der Waals surface area contributed by atoms with Crippen molar-refractivity contribution in [3.8, 4) is 5.75 Å². The molecule has 0 saturated carbocycles. The lowest BCUT2D eigenvalue weighted by Gasteiger charge is -2.35. The first-order valence-electron chi connectivity index (χ1n) is 8.74. The quantitative estimate of drug-likeness (QED) is 0.809. The maximum absolute atomic E-state index is 12.6. The number of nitrogens with zero attached hydrogens (tertiary/aromatic N) is 5. The summed E-state index contributed by atoms with van der Waals surface area (Å²) in [6.45, 7) is 2.89. The van der Waals surface area contributed by atoms with Crippen LogP contribution in [0.2, 0.25) is 0 Å². The molecule has 26 heavy (non-hydrogen) atoms. The van der Waals surface area contributed by atoms with Crippen LogP contribution in [-0.4, -0.2) is 68.4 Å². The number of hydrogen-bond acceptors (Lipinski definition) is 6. The number of rotatable bonds is 5. The normalized spacial score (nSPS) is 14.3. The molecule has 1 aromatic heterocycles. The Kier molecular flexibility index (Phi) is 5.55. The van der Waals surface area contributed by atoms with Crippen molar-refractivity contribution < 1.29 is 9.53 Å². The summed E-state index contributed by atoms with van der Waals surface area (Å²) < 4.78 is 5.34. The second-order valence-electron chi connectivity index (χ2n) is 6.50. The van der Waals surface area contributed by atoms with Gasteiger partial charge in [0.15, 0.2) is 11.6 Å². The van der Waals surface area contributed by atoms with Crippen molar-refractivity contribution in [1.82, 2.24) is 15.1 Å². The topological polar surface area (TPSA) is 61.8 Å². The summed E-state index contributed by atoms with van der Waals surface area (Å²) in [4.78, 5) is 18.6. The highest BCUT2D eigenvalue weighted by Gasteiger charge is 2.23. The van der Waals surface area contributed by atoms with Crippen LogP contribution in [0.25, 0.3) is 0 Å². The van der Waals surface area contributed by atoms with E-state index in [0.29, 0.717) is 19.5 Å². The third-order valence-corrected chi connectivity index (χ3v) is 4.59. The molecule has 0 atom stereocenters. The molecule has 138 valence electrons. The van der Waals surface area contributed by atoms with Gasteiger partial charge in [-0.05, 0) is 18.2 Å². The van der Waals surface area contributed by atoms with Gasteiger partial charge in [-0.2, -0.15) is 0 Å². The van der Waals surface area contributed by atoms with E-state index in [1.807, 2.05) is 60.3 Å². The lowest BCUT2D eigenvalue weighted by Crippen LogP contribution is -2.49. The molecule has 3 rings (SSSR count). The zero-order valence-electron chi connectivity index (χ0n) is 15.6. The number of ether oxygens (including phenoxy) is 1. The summed E-state index contributed by atoms with van der Waals surface area (Å²) in [5.74, 6) is 2.57. The fraction of sp³-hybridized carbons (Fsp3) is 0.421. The minimum atomic E-state index is 0.128. The second-order valence-corrected chi connectivity index (χ2v) is 6.50. The Morgan fingerprint density at radius 2 is 1.81 bits per heavy atom. The molecule has 1 aromatic carbocycles. The molecule has 1 aliphatic rings. The van der Waals surface area contributed by atoms with E-state index in [0.717, 1.165) is 36.0 Å². The molecule has 0 spiro atoms. The second kappa shape index (κ2) is 8.03. The fourth-order valence-corrected chi connectivity index (χ4v) is 3.03. The van der Waals surface area contributed by atoms with Crippen LogP contribution in [0.5, 0.6) is 5.75 Å². The van der Waals surface area contributed by atoms with Crippen molar-refractivity contribution in [3.05, 3.63) is 42.0 Å². The number of aromatic nitrogens is 2. The van der Waals surface area contributed by atoms with Gasteiger partial charge in [-0.1, -0.05) is 18.2 Å². The predicted molar refractivity (Wildman–Crippen MR) is 102 cm³/mol. The third-order valence-electron chi connectivity index (χ3n) is 4.59. The van der Waals surface area contributed by atoms with E-state index in [2.05, 4.69) is 15.1 Å². The Labute approximate surface area is 154 Å². The lowest BCUT2D eigenvalue weighted by atomic mass is 10.1. The molecular formula is C19H25N5O2. The highest BCUT2D eigenvalue weighted by atomic mass is 16.5. The Bertz CT molecular complexity index is 740. The van der Waals surface area contributed by atoms with Gasteiger partial charge in [0, 0.05) is 45.8 Å². The van der Waals surface area contributed by atoms with Crippen LogP contribution < -0.4 is 14.5 Å². The zero-order valence-corrected chi connectivity index (χ0v) is 15.6. The molecule has 1 amide bonds. The molecule has 7 heteroatoms. The first-order valence-corrected chi connectivity index (χ1v) is 8.74. The molecule has 0 unspecified atom stereocenters. The fourth-order valence-electron chi connectivity index (χ4n) is 3.03. The monoisotopic (exact) mass is 355 g/mol. The first-order chi connectivity index (χ1) is 12.6. The number of para-hydroxylation sites is 1. The van der Waals surface area contributed by atoms with Crippen molar-refractivity contribution in [1.29, 1.82) is 0 Å². The summed E-state index contributed by atoms with van der Waals surface area (Å²) >= 11 is 0. The number of amides is 1. The number of piperazine rings is 1. The van der Waals surface area contributed by atoms with E-state index in [1.54, 1.807) is 7.11 Å². The molecule has 0 bridgehead atoms. The first kappa shape index (κ1) is 18.0. The van der Waals surface area contributed by atoms with E-state index < -0.39 is 0 Å². The summed E-state index contributed by atoms with van der Waals surface area (Å²) in [5.41, 5.74) is 0.924. The largest absolute Gasteiger partial charge is 0.496 e.